The molecule has 0 aromatic heterocycles. The topological polar surface area (TPSA) is 68.3 Å². The lowest BCUT2D eigenvalue weighted by molar-refractivity contribution is 0.306. The fourth-order valence-electron chi connectivity index (χ4n) is 1.81. The van der Waals surface area contributed by atoms with E-state index in [1.54, 1.807) is 7.11 Å². The Morgan fingerprint density at radius 3 is 2.05 bits per heavy atom. The van der Waals surface area contributed by atoms with Gasteiger partial charge in [-0.2, -0.15) is 0 Å². The van der Waals surface area contributed by atoms with E-state index in [9.17, 15) is 0 Å². The minimum Gasteiger partial charge on any atom is -0.497 e. The molecule has 0 atom stereocenters. The standard InChI is InChI=1S/C16H18N2O2/c1-19-14-6-4-13(5-7-14)11-20-15-8-2-12(3-9-15)10-16(17)18/h2-9H,10-11H2,1H3,(H3,17,18). The summed E-state index contributed by atoms with van der Waals surface area (Å²) in [5.41, 5.74) is 7.45. The molecule has 0 radical (unpaired) electrons. The highest BCUT2D eigenvalue weighted by Crippen LogP contribution is 2.16. The van der Waals surface area contributed by atoms with Crippen molar-refractivity contribution in [2.75, 3.05) is 7.11 Å². The third-order valence-electron chi connectivity index (χ3n) is 2.88. The van der Waals surface area contributed by atoms with E-state index in [4.69, 9.17) is 20.6 Å². The van der Waals surface area contributed by atoms with Crippen LogP contribution < -0.4 is 15.2 Å². The number of hydrogen-bond donors (Lipinski definition) is 2. The molecule has 2 rings (SSSR count). The number of rotatable bonds is 6. The number of benzene rings is 2. The van der Waals surface area contributed by atoms with Crippen molar-refractivity contribution in [3.05, 3.63) is 59.7 Å². The van der Waals surface area contributed by atoms with Crippen LogP contribution in [0.4, 0.5) is 0 Å². The zero-order valence-corrected chi connectivity index (χ0v) is 11.4. The van der Waals surface area contributed by atoms with Crippen molar-refractivity contribution in [3.63, 3.8) is 0 Å². The van der Waals surface area contributed by atoms with Crippen molar-refractivity contribution in [1.29, 1.82) is 5.41 Å². The second-order valence-electron chi connectivity index (χ2n) is 4.48. The van der Waals surface area contributed by atoms with Gasteiger partial charge in [0.25, 0.3) is 0 Å². The van der Waals surface area contributed by atoms with Crippen LogP contribution in [-0.2, 0) is 13.0 Å². The minimum absolute atomic E-state index is 0.164. The molecule has 0 heterocycles. The molecule has 0 aliphatic carbocycles. The average Bonchev–Trinajstić information content (AvgIpc) is 2.46. The van der Waals surface area contributed by atoms with Gasteiger partial charge in [0.15, 0.2) is 0 Å². The van der Waals surface area contributed by atoms with Crippen LogP contribution in [0.2, 0.25) is 0 Å². The number of amidine groups is 1. The predicted molar refractivity (Wildman–Crippen MR) is 79.4 cm³/mol. The van der Waals surface area contributed by atoms with E-state index in [-0.39, 0.29) is 5.84 Å². The van der Waals surface area contributed by atoms with Crippen LogP contribution in [0, 0.1) is 5.41 Å². The van der Waals surface area contributed by atoms with Gasteiger partial charge in [0.2, 0.25) is 0 Å². The first-order chi connectivity index (χ1) is 9.67. The van der Waals surface area contributed by atoms with Crippen LogP contribution >= 0.6 is 0 Å². The average molecular weight is 270 g/mol. The molecular formula is C16H18N2O2. The molecule has 0 saturated carbocycles. The molecule has 4 nitrogen and oxygen atoms in total. The Kier molecular flexibility index (Phi) is 4.60. The van der Waals surface area contributed by atoms with E-state index < -0.39 is 0 Å². The third-order valence-corrected chi connectivity index (χ3v) is 2.88. The Morgan fingerprint density at radius 2 is 1.50 bits per heavy atom. The molecule has 0 aliphatic heterocycles. The van der Waals surface area contributed by atoms with Gasteiger partial charge in [-0.25, -0.2) is 0 Å². The first-order valence-corrected chi connectivity index (χ1v) is 6.35. The lowest BCUT2D eigenvalue weighted by Crippen LogP contribution is -2.12. The maximum atomic E-state index is 7.25. The molecule has 3 N–H and O–H groups in total. The Hall–Kier alpha value is -2.49. The molecule has 104 valence electrons. The van der Waals surface area contributed by atoms with E-state index in [1.807, 2.05) is 48.5 Å². The molecule has 0 fully saturated rings. The summed E-state index contributed by atoms with van der Waals surface area (Å²) >= 11 is 0. The quantitative estimate of drug-likeness (QED) is 0.626. The normalized spacial score (nSPS) is 10.1. The second kappa shape index (κ2) is 6.61. The zero-order chi connectivity index (χ0) is 14.4. The fraction of sp³-hybridized carbons (Fsp3) is 0.188. The monoisotopic (exact) mass is 270 g/mol. The number of ether oxygens (including phenoxy) is 2. The third kappa shape index (κ3) is 4.02. The molecule has 0 saturated heterocycles. The molecule has 0 aliphatic rings. The summed E-state index contributed by atoms with van der Waals surface area (Å²) in [4.78, 5) is 0. The van der Waals surface area contributed by atoms with E-state index in [2.05, 4.69) is 0 Å². The zero-order valence-electron chi connectivity index (χ0n) is 11.4. The summed E-state index contributed by atoms with van der Waals surface area (Å²) < 4.78 is 10.8. The smallest absolute Gasteiger partial charge is 0.119 e. The van der Waals surface area contributed by atoms with Gasteiger partial charge in [-0.05, 0) is 35.4 Å². The lowest BCUT2D eigenvalue weighted by Gasteiger charge is -2.08. The molecule has 0 bridgehead atoms. The fourth-order valence-corrected chi connectivity index (χ4v) is 1.81. The van der Waals surface area contributed by atoms with E-state index in [0.29, 0.717) is 13.0 Å². The van der Waals surface area contributed by atoms with E-state index in [0.717, 1.165) is 22.6 Å². The Balaban J connectivity index is 1.91. The highest BCUT2D eigenvalue weighted by atomic mass is 16.5. The van der Waals surface area contributed by atoms with Crippen molar-refractivity contribution in [2.45, 2.75) is 13.0 Å². The molecule has 0 amide bonds. The van der Waals surface area contributed by atoms with Crippen molar-refractivity contribution < 1.29 is 9.47 Å². The van der Waals surface area contributed by atoms with Crippen molar-refractivity contribution >= 4 is 5.84 Å². The summed E-state index contributed by atoms with van der Waals surface area (Å²) in [6.45, 7) is 0.510. The van der Waals surface area contributed by atoms with Gasteiger partial charge >= 0.3 is 0 Å². The molecule has 20 heavy (non-hydrogen) atoms. The minimum atomic E-state index is 0.164. The molecular weight excluding hydrogens is 252 g/mol. The predicted octanol–water partition coefficient (Wildman–Crippen LogP) is 2.75. The van der Waals surface area contributed by atoms with E-state index >= 15 is 0 Å². The maximum Gasteiger partial charge on any atom is 0.119 e. The Morgan fingerprint density at radius 1 is 0.950 bits per heavy atom. The summed E-state index contributed by atoms with van der Waals surface area (Å²) in [7, 11) is 1.65. The van der Waals surface area contributed by atoms with Gasteiger partial charge in [0.1, 0.15) is 18.1 Å². The van der Waals surface area contributed by atoms with Crippen LogP contribution in [0.1, 0.15) is 11.1 Å². The van der Waals surface area contributed by atoms with Crippen LogP contribution in [0.15, 0.2) is 48.5 Å². The van der Waals surface area contributed by atoms with Crippen molar-refractivity contribution in [3.8, 4) is 11.5 Å². The second-order valence-corrected chi connectivity index (χ2v) is 4.48. The number of methoxy groups -OCH3 is 1. The van der Waals surface area contributed by atoms with Gasteiger partial charge in [-0.3, -0.25) is 5.41 Å². The maximum absolute atomic E-state index is 7.25. The lowest BCUT2D eigenvalue weighted by atomic mass is 10.1. The molecule has 2 aromatic rings. The SMILES string of the molecule is COc1ccc(COc2ccc(CC(=N)N)cc2)cc1. The Bertz CT molecular complexity index is 562. The first-order valence-electron chi connectivity index (χ1n) is 6.35. The number of hydrogen-bond acceptors (Lipinski definition) is 3. The van der Waals surface area contributed by atoms with Gasteiger partial charge in [0.05, 0.1) is 12.9 Å². The molecule has 0 spiro atoms. The van der Waals surface area contributed by atoms with Gasteiger partial charge in [-0.15, -0.1) is 0 Å². The summed E-state index contributed by atoms with van der Waals surface area (Å²) in [5.74, 6) is 1.80. The molecule has 2 aromatic carbocycles. The summed E-state index contributed by atoms with van der Waals surface area (Å²) in [6, 6.07) is 15.4. The first kappa shape index (κ1) is 13.9. The largest absolute Gasteiger partial charge is 0.497 e. The van der Waals surface area contributed by atoms with Crippen molar-refractivity contribution in [2.24, 2.45) is 5.73 Å². The van der Waals surface area contributed by atoms with Crippen molar-refractivity contribution in [1.82, 2.24) is 0 Å². The number of nitrogens with one attached hydrogen (secondary N) is 1. The highest BCUT2D eigenvalue weighted by Gasteiger charge is 1.99. The van der Waals surface area contributed by atoms with Gasteiger partial charge in [-0.1, -0.05) is 24.3 Å². The number of nitrogens with two attached hydrogens (primary N) is 1. The molecule has 0 unspecified atom stereocenters. The van der Waals surface area contributed by atoms with Gasteiger partial charge in [0, 0.05) is 6.42 Å². The van der Waals surface area contributed by atoms with Crippen LogP contribution in [-0.4, -0.2) is 12.9 Å². The van der Waals surface area contributed by atoms with Crippen LogP contribution in [0.3, 0.4) is 0 Å². The van der Waals surface area contributed by atoms with Crippen LogP contribution in [0.5, 0.6) is 11.5 Å². The highest BCUT2D eigenvalue weighted by molar-refractivity contribution is 5.79. The molecule has 4 heteroatoms. The summed E-state index contributed by atoms with van der Waals surface area (Å²) in [5, 5.41) is 7.25. The van der Waals surface area contributed by atoms with E-state index in [1.165, 1.54) is 0 Å². The summed E-state index contributed by atoms with van der Waals surface area (Å²) in [6.07, 6.45) is 0.471. The van der Waals surface area contributed by atoms with Crippen LogP contribution in [0.25, 0.3) is 0 Å². The Labute approximate surface area is 118 Å². The van der Waals surface area contributed by atoms with Gasteiger partial charge < -0.3 is 15.2 Å².